The minimum atomic E-state index is 0.314. The van der Waals surface area contributed by atoms with Crippen molar-refractivity contribution in [3.8, 4) is 5.75 Å². The van der Waals surface area contributed by atoms with E-state index < -0.39 is 0 Å². The van der Waals surface area contributed by atoms with Crippen molar-refractivity contribution in [3.05, 3.63) is 47.8 Å². The Balaban J connectivity index is 1.58. The Labute approximate surface area is 107 Å². The quantitative estimate of drug-likeness (QED) is 0.888. The topological polar surface area (TPSA) is 39.1 Å². The van der Waals surface area contributed by atoms with Crippen LogP contribution in [0, 0.1) is 0 Å². The second kappa shape index (κ2) is 4.82. The lowest BCUT2D eigenvalue weighted by molar-refractivity contribution is 0.311. The van der Waals surface area contributed by atoms with Gasteiger partial charge in [-0.2, -0.15) is 5.10 Å². The van der Waals surface area contributed by atoms with Crippen molar-refractivity contribution in [2.24, 2.45) is 7.05 Å². The number of benzene rings is 1. The van der Waals surface area contributed by atoms with Gasteiger partial charge in [0.25, 0.3) is 0 Å². The highest BCUT2D eigenvalue weighted by atomic mass is 16.5. The molecule has 2 heterocycles. The molecule has 0 saturated carbocycles. The summed E-state index contributed by atoms with van der Waals surface area (Å²) in [4.78, 5) is 0. The summed E-state index contributed by atoms with van der Waals surface area (Å²) in [5.41, 5.74) is 2.51. The van der Waals surface area contributed by atoms with Crippen LogP contribution in [0.1, 0.15) is 17.3 Å². The van der Waals surface area contributed by atoms with Crippen LogP contribution in [0.4, 0.5) is 0 Å². The maximum atomic E-state index is 5.64. The average Bonchev–Trinajstić information content (AvgIpc) is 2.97. The fourth-order valence-electron chi connectivity index (χ4n) is 2.35. The van der Waals surface area contributed by atoms with Gasteiger partial charge in [0, 0.05) is 37.5 Å². The van der Waals surface area contributed by atoms with Crippen LogP contribution in [0.25, 0.3) is 0 Å². The minimum absolute atomic E-state index is 0.314. The van der Waals surface area contributed by atoms with E-state index in [-0.39, 0.29) is 0 Å². The highest BCUT2D eigenvalue weighted by Gasteiger charge is 2.22. The molecule has 1 N–H and O–H groups in total. The van der Waals surface area contributed by atoms with Crippen molar-refractivity contribution in [1.29, 1.82) is 0 Å². The fraction of sp³-hybridized carbons (Fsp3) is 0.357. The zero-order chi connectivity index (χ0) is 12.4. The number of para-hydroxylation sites is 1. The molecule has 1 unspecified atom stereocenters. The molecule has 1 aliphatic rings. The van der Waals surface area contributed by atoms with E-state index in [1.165, 1.54) is 11.3 Å². The van der Waals surface area contributed by atoms with Crippen LogP contribution in [0.5, 0.6) is 5.75 Å². The first-order valence-electron chi connectivity index (χ1n) is 6.26. The molecule has 1 aromatic carbocycles. The highest BCUT2D eigenvalue weighted by Crippen LogP contribution is 2.31. The molecular formula is C14H17N3O. The van der Waals surface area contributed by atoms with Crippen molar-refractivity contribution in [1.82, 2.24) is 15.1 Å². The normalized spacial score (nSPS) is 17.5. The number of hydrogen-bond acceptors (Lipinski definition) is 3. The lowest BCUT2D eigenvalue weighted by Gasteiger charge is -2.11. The Morgan fingerprint density at radius 3 is 3.11 bits per heavy atom. The number of hydrogen-bond donors (Lipinski definition) is 1. The maximum Gasteiger partial charge on any atom is 0.124 e. The minimum Gasteiger partial charge on any atom is -0.491 e. The first-order valence-corrected chi connectivity index (χ1v) is 6.26. The van der Waals surface area contributed by atoms with Gasteiger partial charge in [0.1, 0.15) is 12.4 Å². The van der Waals surface area contributed by atoms with Gasteiger partial charge >= 0.3 is 0 Å². The second-order valence-electron chi connectivity index (χ2n) is 4.55. The molecule has 1 aliphatic heterocycles. The second-order valence-corrected chi connectivity index (χ2v) is 4.55. The van der Waals surface area contributed by atoms with Gasteiger partial charge in [-0.25, -0.2) is 0 Å². The number of fused-ring (bicyclic) bond motifs is 1. The summed E-state index contributed by atoms with van der Waals surface area (Å²) in [5, 5.41) is 7.70. The molecular weight excluding hydrogens is 226 g/mol. The Morgan fingerprint density at radius 2 is 2.28 bits per heavy atom. The summed E-state index contributed by atoms with van der Waals surface area (Å²) >= 11 is 0. The van der Waals surface area contributed by atoms with Crippen molar-refractivity contribution in [2.45, 2.75) is 12.5 Å². The molecule has 1 atom stereocenters. The molecule has 4 heteroatoms. The van der Waals surface area contributed by atoms with Crippen LogP contribution in [-0.2, 0) is 13.5 Å². The van der Waals surface area contributed by atoms with E-state index in [0.29, 0.717) is 6.04 Å². The fourth-order valence-corrected chi connectivity index (χ4v) is 2.35. The molecule has 0 fully saturated rings. The Hall–Kier alpha value is -1.81. The van der Waals surface area contributed by atoms with Gasteiger partial charge in [0.2, 0.25) is 0 Å². The predicted octanol–water partition coefficient (Wildman–Crippen LogP) is 1.69. The van der Waals surface area contributed by atoms with E-state index in [2.05, 4.69) is 28.6 Å². The number of aromatic nitrogens is 2. The molecule has 0 radical (unpaired) electrons. The van der Waals surface area contributed by atoms with Gasteiger partial charge in [-0.05, 0) is 12.1 Å². The number of nitrogens with zero attached hydrogens (tertiary/aromatic N) is 2. The third-order valence-corrected chi connectivity index (χ3v) is 3.39. The number of rotatable bonds is 4. The van der Waals surface area contributed by atoms with E-state index in [9.17, 15) is 0 Å². The largest absolute Gasteiger partial charge is 0.491 e. The van der Waals surface area contributed by atoms with E-state index in [4.69, 9.17) is 4.74 Å². The van der Waals surface area contributed by atoms with Crippen molar-refractivity contribution in [2.75, 3.05) is 13.2 Å². The number of nitrogens with one attached hydrogen (secondary N) is 1. The maximum absolute atomic E-state index is 5.64. The average molecular weight is 243 g/mol. The van der Waals surface area contributed by atoms with Crippen LogP contribution in [0.3, 0.4) is 0 Å². The third-order valence-electron chi connectivity index (χ3n) is 3.39. The van der Waals surface area contributed by atoms with Crippen LogP contribution >= 0.6 is 0 Å². The van der Waals surface area contributed by atoms with E-state index in [0.717, 1.165) is 25.3 Å². The molecule has 0 amide bonds. The van der Waals surface area contributed by atoms with Gasteiger partial charge in [-0.1, -0.05) is 18.2 Å². The number of ether oxygens (including phenoxy) is 1. The SMILES string of the molecule is Cn1nccc1CCNC1COc2ccccc21. The Morgan fingerprint density at radius 1 is 1.39 bits per heavy atom. The Bertz CT molecular complexity index is 535. The van der Waals surface area contributed by atoms with Gasteiger partial charge < -0.3 is 10.1 Å². The van der Waals surface area contributed by atoms with Crippen molar-refractivity contribution < 1.29 is 4.74 Å². The van der Waals surface area contributed by atoms with E-state index in [1.807, 2.05) is 30.1 Å². The molecule has 3 rings (SSSR count). The van der Waals surface area contributed by atoms with Crippen LogP contribution < -0.4 is 10.1 Å². The van der Waals surface area contributed by atoms with E-state index >= 15 is 0 Å². The molecule has 2 aromatic rings. The molecule has 1 aromatic heterocycles. The van der Waals surface area contributed by atoms with Crippen LogP contribution in [0.2, 0.25) is 0 Å². The molecule has 94 valence electrons. The molecule has 0 spiro atoms. The zero-order valence-electron chi connectivity index (χ0n) is 10.5. The summed E-state index contributed by atoms with van der Waals surface area (Å²) < 4.78 is 7.56. The van der Waals surface area contributed by atoms with E-state index in [1.54, 1.807) is 0 Å². The summed E-state index contributed by atoms with van der Waals surface area (Å²) in [7, 11) is 1.98. The lowest BCUT2D eigenvalue weighted by atomic mass is 10.1. The summed E-state index contributed by atoms with van der Waals surface area (Å²) in [6.45, 7) is 1.66. The zero-order valence-corrected chi connectivity index (χ0v) is 10.5. The molecule has 18 heavy (non-hydrogen) atoms. The molecule has 0 bridgehead atoms. The summed E-state index contributed by atoms with van der Waals surface area (Å²) in [6.07, 6.45) is 2.82. The first-order chi connectivity index (χ1) is 8.84. The first kappa shape index (κ1) is 11.3. The Kier molecular flexibility index (Phi) is 3.02. The van der Waals surface area contributed by atoms with Crippen LogP contribution in [-0.4, -0.2) is 22.9 Å². The summed E-state index contributed by atoms with van der Waals surface area (Å²) in [5.74, 6) is 1.01. The van der Waals surface area contributed by atoms with Gasteiger partial charge in [-0.15, -0.1) is 0 Å². The monoisotopic (exact) mass is 243 g/mol. The predicted molar refractivity (Wildman–Crippen MR) is 69.6 cm³/mol. The lowest BCUT2D eigenvalue weighted by Crippen LogP contribution is -2.25. The van der Waals surface area contributed by atoms with Crippen molar-refractivity contribution >= 4 is 0 Å². The summed E-state index contributed by atoms with van der Waals surface area (Å²) in [6, 6.07) is 10.6. The highest BCUT2D eigenvalue weighted by molar-refractivity contribution is 5.39. The molecule has 0 saturated heterocycles. The van der Waals surface area contributed by atoms with Crippen LogP contribution in [0.15, 0.2) is 36.5 Å². The smallest absolute Gasteiger partial charge is 0.124 e. The standard InChI is InChI=1S/C14H17N3O/c1-17-11(7-9-16-17)6-8-15-13-10-18-14-5-3-2-4-12(13)14/h2-5,7,9,13,15H,6,8,10H2,1H3. The van der Waals surface area contributed by atoms with Gasteiger partial charge in [-0.3, -0.25) is 4.68 Å². The molecule has 4 nitrogen and oxygen atoms in total. The third kappa shape index (κ3) is 2.11. The molecule has 0 aliphatic carbocycles. The van der Waals surface area contributed by atoms with Crippen molar-refractivity contribution in [3.63, 3.8) is 0 Å². The van der Waals surface area contributed by atoms with Gasteiger partial charge in [0.15, 0.2) is 0 Å². The van der Waals surface area contributed by atoms with Gasteiger partial charge in [0.05, 0.1) is 6.04 Å². The number of aryl methyl sites for hydroxylation is 1.